The van der Waals surface area contributed by atoms with Gasteiger partial charge in [-0.3, -0.25) is 4.57 Å². The first-order valence-corrected chi connectivity index (χ1v) is 4.94. The molecule has 0 spiro atoms. The van der Waals surface area contributed by atoms with Crippen LogP contribution in [0.2, 0.25) is 5.02 Å². The maximum absolute atomic E-state index is 6.03. The molecule has 1 aromatic heterocycles. The van der Waals surface area contributed by atoms with Crippen LogP contribution >= 0.6 is 23.2 Å². The summed E-state index contributed by atoms with van der Waals surface area (Å²) in [5, 5.41) is 8.31. The van der Waals surface area contributed by atoms with Crippen molar-refractivity contribution in [1.82, 2.24) is 14.8 Å². The third-order valence-electron chi connectivity index (χ3n) is 1.85. The van der Waals surface area contributed by atoms with E-state index in [1.807, 2.05) is 24.3 Å². The molecule has 1 heterocycles. The molecule has 14 heavy (non-hydrogen) atoms. The standard InChI is InChI=1S/C9H7Cl2N3/c10-5-9-13-12-6-14(9)8-4-2-1-3-7(8)11/h1-4,6H,5H2. The topological polar surface area (TPSA) is 30.7 Å². The average Bonchev–Trinajstić information content (AvgIpc) is 2.66. The van der Waals surface area contributed by atoms with Crippen LogP contribution in [0.3, 0.4) is 0 Å². The van der Waals surface area contributed by atoms with Crippen molar-refractivity contribution in [3.63, 3.8) is 0 Å². The van der Waals surface area contributed by atoms with Crippen LogP contribution in [0, 0.1) is 0 Å². The number of rotatable bonds is 2. The molecule has 0 aliphatic rings. The summed E-state index contributed by atoms with van der Waals surface area (Å²) in [5.74, 6) is 0.991. The lowest BCUT2D eigenvalue weighted by atomic mass is 10.3. The number of para-hydroxylation sites is 1. The highest BCUT2D eigenvalue weighted by Gasteiger charge is 2.07. The van der Waals surface area contributed by atoms with Crippen LogP contribution in [-0.4, -0.2) is 14.8 Å². The lowest BCUT2D eigenvalue weighted by molar-refractivity contribution is 0.951. The van der Waals surface area contributed by atoms with Crippen molar-refractivity contribution in [2.75, 3.05) is 0 Å². The van der Waals surface area contributed by atoms with Gasteiger partial charge in [-0.1, -0.05) is 23.7 Å². The van der Waals surface area contributed by atoms with Crippen LogP contribution in [0.1, 0.15) is 5.82 Å². The molecule has 0 aliphatic heterocycles. The molecule has 2 aromatic rings. The van der Waals surface area contributed by atoms with E-state index in [0.717, 1.165) is 5.69 Å². The number of halogens is 2. The molecular weight excluding hydrogens is 221 g/mol. The minimum Gasteiger partial charge on any atom is -0.283 e. The molecule has 0 N–H and O–H groups in total. The summed E-state index contributed by atoms with van der Waals surface area (Å²) in [5.41, 5.74) is 0.842. The Kier molecular flexibility index (Phi) is 2.70. The molecule has 3 nitrogen and oxygen atoms in total. The second kappa shape index (κ2) is 3.98. The molecule has 0 saturated carbocycles. The van der Waals surface area contributed by atoms with Gasteiger partial charge >= 0.3 is 0 Å². The molecule has 0 amide bonds. The van der Waals surface area contributed by atoms with Crippen LogP contribution in [0.4, 0.5) is 0 Å². The molecule has 1 aromatic carbocycles. The number of hydrogen-bond donors (Lipinski definition) is 0. The summed E-state index contributed by atoms with van der Waals surface area (Å²) >= 11 is 11.7. The van der Waals surface area contributed by atoms with Crippen molar-refractivity contribution in [3.8, 4) is 5.69 Å². The predicted molar refractivity (Wildman–Crippen MR) is 55.9 cm³/mol. The van der Waals surface area contributed by atoms with E-state index in [1.54, 1.807) is 10.9 Å². The highest BCUT2D eigenvalue weighted by molar-refractivity contribution is 6.32. The van der Waals surface area contributed by atoms with Crippen molar-refractivity contribution < 1.29 is 0 Å². The van der Waals surface area contributed by atoms with Crippen molar-refractivity contribution >= 4 is 23.2 Å². The first kappa shape index (κ1) is 9.49. The van der Waals surface area contributed by atoms with Crippen molar-refractivity contribution in [3.05, 3.63) is 41.4 Å². The maximum atomic E-state index is 6.03. The van der Waals surface area contributed by atoms with Gasteiger partial charge in [-0.2, -0.15) is 0 Å². The van der Waals surface area contributed by atoms with Crippen LogP contribution < -0.4 is 0 Å². The van der Waals surface area contributed by atoms with E-state index in [-0.39, 0.29) is 0 Å². The number of alkyl halides is 1. The first-order valence-electron chi connectivity index (χ1n) is 4.02. The summed E-state index contributed by atoms with van der Waals surface area (Å²) in [6.07, 6.45) is 1.60. The Morgan fingerprint density at radius 3 is 2.79 bits per heavy atom. The zero-order chi connectivity index (χ0) is 9.97. The van der Waals surface area contributed by atoms with Gasteiger partial charge in [-0.05, 0) is 12.1 Å². The predicted octanol–water partition coefficient (Wildman–Crippen LogP) is 2.66. The fourth-order valence-electron chi connectivity index (χ4n) is 1.20. The molecule has 0 fully saturated rings. The van der Waals surface area contributed by atoms with E-state index in [0.29, 0.717) is 16.7 Å². The molecule has 5 heteroatoms. The zero-order valence-electron chi connectivity index (χ0n) is 7.19. The van der Waals surface area contributed by atoms with E-state index < -0.39 is 0 Å². The normalized spacial score (nSPS) is 10.4. The smallest absolute Gasteiger partial charge is 0.152 e. The molecule has 0 atom stereocenters. The van der Waals surface area contributed by atoms with Gasteiger partial charge in [0.25, 0.3) is 0 Å². The van der Waals surface area contributed by atoms with E-state index in [1.165, 1.54) is 0 Å². The third-order valence-corrected chi connectivity index (χ3v) is 2.41. The van der Waals surface area contributed by atoms with Crippen molar-refractivity contribution in [2.24, 2.45) is 0 Å². The van der Waals surface area contributed by atoms with Crippen LogP contribution in [0.15, 0.2) is 30.6 Å². The van der Waals surface area contributed by atoms with Gasteiger partial charge in [0.05, 0.1) is 16.6 Å². The number of benzene rings is 1. The molecule has 2 rings (SSSR count). The fraction of sp³-hybridized carbons (Fsp3) is 0.111. The van der Waals surface area contributed by atoms with Crippen molar-refractivity contribution in [1.29, 1.82) is 0 Å². The summed E-state index contributed by atoms with van der Waals surface area (Å²) in [6.45, 7) is 0. The monoisotopic (exact) mass is 227 g/mol. The van der Waals surface area contributed by atoms with Crippen LogP contribution in [-0.2, 0) is 5.88 Å². The third kappa shape index (κ3) is 1.61. The fourth-order valence-corrected chi connectivity index (χ4v) is 1.61. The quantitative estimate of drug-likeness (QED) is 0.739. The average molecular weight is 228 g/mol. The summed E-state index contributed by atoms with van der Waals surface area (Å²) < 4.78 is 1.77. The summed E-state index contributed by atoms with van der Waals surface area (Å²) in [4.78, 5) is 0. The van der Waals surface area contributed by atoms with E-state index >= 15 is 0 Å². The van der Waals surface area contributed by atoms with Gasteiger partial charge in [0.15, 0.2) is 5.82 Å². The second-order valence-electron chi connectivity index (χ2n) is 2.70. The highest BCUT2D eigenvalue weighted by atomic mass is 35.5. The van der Waals surface area contributed by atoms with E-state index in [4.69, 9.17) is 23.2 Å². The van der Waals surface area contributed by atoms with Gasteiger partial charge in [-0.25, -0.2) is 0 Å². The zero-order valence-corrected chi connectivity index (χ0v) is 8.70. The van der Waals surface area contributed by atoms with Crippen LogP contribution in [0.25, 0.3) is 5.69 Å². The molecule has 0 unspecified atom stereocenters. The van der Waals surface area contributed by atoms with Gasteiger partial charge in [-0.15, -0.1) is 21.8 Å². The SMILES string of the molecule is ClCc1nncn1-c1ccccc1Cl. The summed E-state index contributed by atoms with van der Waals surface area (Å²) in [6, 6.07) is 7.48. The first-order chi connectivity index (χ1) is 6.83. The molecule has 0 saturated heterocycles. The molecule has 0 radical (unpaired) electrons. The largest absolute Gasteiger partial charge is 0.283 e. The number of aromatic nitrogens is 3. The Morgan fingerprint density at radius 2 is 2.07 bits per heavy atom. The van der Waals surface area contributed by atoms with E-state index in [2.05, 4.69) is 10.2 Å². The van der Waals surface area contributed by atoms with Crippen LogP contribution in [0.5, 0.6) is 0 Å². The Labute approximate surface area is 91.3 Å². The molecule has 0 bridgehead atoms. The molecular formula is C9H7Cl2N3. The Balaban J connectivity index is 2.54. The van der Waals surface area contributed by atoms with Crippen molar-refractivity contribution in [2.45, 2.75) is 5.88 Å². The highest BCUT2D eigenvalue weighted by Crippen LogP contribution is 2.20. The Bertz CT molecular complexity index is 439. The molecule has 0 aliphatic carbocycles. The molecule has 72 valence electrons. The van der Waals surface area contributed by atoms with E-state index in [9.17, 15) is 0 Å². The lowest BCUT2D eigenvalue weighted by Crippen LogP contribution is -1.98. The minimum atomic E-state index is 0.311. The lowest BCUT2D eigenvalue weighted by Gasteiger charge is -2.05. The maximum Gasteiger partial charge on any atom is 0.152 e. The van der Waals surface area contributed by atoms with Gasteiger partial charge in [0.2, 0.25) is 0 Å². The minimum absolute atomic E-state index is 0.311. The van der Waals surface area contributed by atoms with Gasteiger partial charge in [0, 0.05) is 0 Å². The Hall–Kier alpha value is -1.06. The summed E-state index contributed by atoms with van der Waals surface area (Å²) in [7, 11) is 0. The number of hydrogen-bond acceptors (Lipinski definition) is 2. The van der Waals surface area contributed by atoms with Gasteiger partial charge in [0.1, 0.15) is 6.33 Å². The number of nitrogens with zero attached hydrogens (tertiary/aromatic N) is 3. The second-order valence-corrected chi connectivity index (χ2v) is 3.38. The Morgan fingerprint density at radius 1 is 1.29 bits per heavy atom. The van der Waals surface area contributed by atoms with Gasteiger partial charge < -0.3 is 0 Å².